The van der Waals surface area contributed by atoms with Gasteiger partial charge in [-0.15, -0.1) is 0 Å². The molecule has 0 atom stereocenters. The number of hydrogen-bond acceptors (Lipinski definition) is 3. The van der Waals surface area contributed by atoms with Gasteiger partial charge in [-0.3, -0.25) is 4.79 Å². The Morgan fingerprint density at radius 1 is 1.44 bits per heavy atom. The van der Waals surface area contributed by atoms with Crippen LogP contribution in [0.15, 0.2) is 0 Å². The Morgan fingerprint density at radius 2 is 1.78 bits per heavy atom. The molecule has 4 heteroatoms. The third-order valence-corrected chi connectivity index (χ3v) is 1.14. The Bertz CT molecular complexity index is 109. The molecule has 0 fully saturated rings. The van der Waals surface area contributed by atoms with Gasteiger partial charge in [-0.1, -0.05) is 0 Å². The fourth-order valence-corrected chi connectivity index (χ4v) is 0.244. The van der Waals surface area contributed by atoms with Gasteiger partial charge in [-0.2, -0.15) is 4.39 Å². The van der Waals surface area contributed by atoms with Gasteiger partial charge in [-0.05, 0) is 0 Å². The number of carbonyl (C=O) groups is 1. The van der Waals surface area contributed by atoms with E-state index in [-0.39, 0.29) is 0 Å². The van der Waals surface area contributed by atoms with Crippen LogP contribution in [0.3, 0.4) is 0 Å². The molecule has 0 aliphatic heterocycles. The molecule has 54 valence electrons. The van der Waals surface area contributed by atoms with Gasteiger partial charge in [0.2, 0.25) is 0 Å². The Labute approximate surface area is 52.8 Å². The minimum absolute atomic E-state index is 1.20. The zero-order valence-corrected chi connectivity index (χ0v) is 5.60. The van der Waals surface area contributed by atoms with Gasteiger partial charge in [0.15, 0.2) is 0 Å². The lowest BCUT2D eigenvalue weighted by Crippen LogP contribution is -2.36. The molecule has 0 aromatic rings. The molecule has 0 rings (SSSR count). The predicted molar refractivity (Wildman–Crippen MR) is 28.5 cm³/mol. The Morgan fingerprint density at radius 3 is 1.78 bits per heavy atom. The summed E-state index contributed by atoms with van der Waals surface area (Å²) in [5, 5.41) is 0. The van der Waals surface area contributed by atoms with Crippen LogP contribution in [0, 0.1) is 0 Å². The maximum absolute atomic E-state index is 11.9. The Hall–Kier alpha value is -0.480. The molecule has 0 heterocycles. The summed E-state index contributed by atoms with van der Waals surface area (Å²) in [6.45, 7) is 1.20. The monoisotopic (exact) mass is 136 g/mol. The first kappa shape index (κ1) is 8.52. The van der Waals surface area contributed by atoms with Gasteiger partial charge < -0.3 is 9.47 Å². The van der Waals surface area contributed by atoms with Crippen molar-refractivity contribution in [2.75, 3.05) is 14.2 Å². The van der Waals surface area contributed by atoms with Gasteiger partial charge >= 0.3 is 6.04 Å². The molecule has 0 aliphatic rings. The van der Waals surface area contributed by atoms with Gasteiger partial charge in [0.25, 0.3) is 5.79 Å². The van der Waals surface area contributed by atoms with E-state index in [2.05, 4.69) is 9.47 Å². The molecule has 0 saturated carbocycles. The van der Waals surface area contributed by atoms with E-state index in [0.717, 1.165) is 0 Å². The molecular weight excluding hydrogens is 127 g/mol. The van der Waals surface area contributed by atoms with E-state index < -0.39 is 11.8 Å². The first-order chi connectivity index (χ1) is 4.06. The molecular formula is C5H9FO3. The van der Waals surface area contributed by atoms with Crippen molar-refractivity contribution in [1.29, 1.82) is 0 Å². The maximum atomic E-state index is 11.9. The number of ether oxygens (including phenoxy) is 2. The number of hydrogen-bond donors (Lipinski definition) is 0. The first-order valence-electron chi connectivity index (χ1n) is 2.37. The molecule has 0 radical (unpaired) electrons. The van der Waals surface area contributed by atoms with Gasteiger partial charge in [-0.25, -0.2) is 0 Å². The highest BCUT2D eigenvalue weighted by molar-refractivity contribution is 5.75. The SMILES string of the molecule is COC(C)(OC)C(=O)F. The zero-order chi connectivity index (χ0) is 7.49. The van der Waals surface area contributed by atoms with Crippen LogP contribution in [0.4, 0.5) is 4.39 Å². The topological polar surface area (TPSA) is 35.5 Å². The average molecular weight is 136 g/mol. The van der Waals surface area contributed by atoms with E-state index in [1.807, 2.05) is 0 Å². The highest BCUT2D eigenvalue weighted by atomic mass is 19.1. The largest absolute Gasteiger partial charge is 0.360 e. The quantitative estimate of drug-likeness (QED) is 0.418. The zero-order valence-electron chi connectivity index (χ0n) is 5.60. The molecule has 0 bridgehead atoms. The van der Waals surface area contributed by atoms with Gasteiger partial charge in [0.1, 0.15) is 0 Å². The molecule has 3 nitrogen and oxygen atoms in total. The highest BCUT2D eigenvalue weighted by Crippen LogP contribution is 2.10. The minimum atomic E-state index is -1.72. The van der Waals surface area contributed by atoms with Crippen LogP contribution in [0.25, 0.3) is 0 Å². The maximum Gasteiger partial charge on any atom is 0.360 e. The van der Waals surface area contributed by atoms with E-state index in [9.17, 15) is 9.18 Å². The summed E-state index contributed by atoms with van der Waals surface area (Å²) >= 11 is 0. The van der Waals surface area contributed by atoms with Crippen molar-refractivity contribution in [3.8, 4) is 0 Å². The van der Waals surface area contributed by atoms with Crippen LogP contribution < -0.4 is 0 Å². The fraction of sp³-hybridized carbons (Fsp3) is 0.800. The van der Waals surface area contributed by atoms with Crippen molar-refractivity contribution in [2.45, 2.75) is 12.7 Å². The summed E-state index contributed by atoms with van der Waals surface area (Å²) in [7, 11) is 2.39. The van der Waals surface area contributed by atoms with Crippen LogP contribution in [0.1, 0.15) is 6.92 Å². The molecule has 0 N–H and O–H groups in total. The number of rotatable bonds is 3. The summed E-state index contributed by atoms with van der Waals surface area (Å²) < 4.78 is 20.7. The normalized spacial score (nSPS) is 11.6. The van der Waals surface area contributed by atoms with Gasteiger partial charge in [0, 0.05) is 21.1 Å². The molecule has 0 spiro atoms. The summed E-state index contributed by atoms with van der Waals surface area (Å²) in [6.07, 6.45) is 0. The minimum Gasteiger partial charge on any atom is -0.345 e. The third kappa shape index (κ3) is 1.73. The molecule has 0 unspecified atom stereocenters. The van der Waals surface area contributed by atoms with Crippen LogP contribution in [-0.4, -0.2) is 26.0 Å². The van der Waals surface area contributed by atoms with Crippen LogP contribution >= 0.6 is 0 Å². The molecule has 0 aromatic heterocycles. The van der Waals surface area contributed by atoms with E-state index in [1.54, 1.807) is 0 Å². The Balaban J connectivity index is 4.09. The van der Waals surface area contributed by atoms with Crippen molar-refractivity contribution in [3.05, 3.63) is 0 Å². The average Bonchev–Trinajstić information content (AvgIpc) is 1.86. The lowest BCUT2D eigenvalue weighted by molar-refractivity contribution is -0.209. The lowest BCUT2D eigenvalue weighted by atomic mass is 10.3. The lowest BCUT2D eigenvalue weighted by Gasteiger charge is -2.19. The smallest absolute Gasteiger partial charge is 0.345 e. The van der Waals surface area contributed by atoms with Crippen molar-refractivity contribution < 1.29 is 18.7 Å². The second-order valence-corrected chi connectivity index (χ2v) is 1.63. The summed E-state index contributed by atoms with van der Waals surface area (Å²) in [5.74, 6) is -1.72. The van der Waals surface area contributed by atoms with E-state index >= 15 is 0 Å². The van der Waals surface area contributed by atoms with Crippen LogP contribution in [0.2, 0.25) is 0 Å². The third-order valence-electron chi connectivity index (χ3n) is 1.14. The van der Waals surface area contributed by atoms with Crippen molar-refractivity contribution in [2.24, 2.45) is 0 Å². The molecule has 0 saturated heterocycles. The predicted octanol–water partition coefficient (Wildman–Crippen LogP) is 0.491. The second-order valence-electron chi connectivity index (χ2n) is 1.63. The number of carbonyl (C=O) groups excluding carboxylic acids is 1. The van der Waals surface area contributed by atoms with Crippen LogP contribution in [0.5, 0.6) is 0 Å². The van der Waals surface area contributed by atoms with E-state index in [1.165, 1.54) is 21.1 Å². The van der Waals surface area contributed by atoms with Crippen molar-refractivity contribution in [1.82, 2.24) is 0 Å². The number of halogens is 1. The standard InChI is InChI=1S/C5H9FO3/c1-5(8-2,9-3)4(6)7/h1-3H3. The fourth-order valence-electron chi connectivity index (χ4n) is 0.244. The van der Waals surface area contributed by atoms with Crippen LogP contribution in [-0.2, 0) is 14.3 Å². The Kier molecular flexibility index (Phi) is 2.73. The highest BCUT2D eigenvalue weighted by Gasteiger charge is 2.32. The molecule has 0 amide bonds. The van der Waals surface area contributed by atoms with Crippen molar-refractivity contribution in [3.63, 3.8) is 0 Å². The molecule has 0 aromatic carbocycles. The molecule has 0 aliphatic carbocycles. The summed E-state index contributed by atoms with van der Waals surface area (Å²) in [5.41, 5.74) is 0. The number of methoxy groups -OCH3 is 2. The summed E-state index contributed by atoms with van der Waals surface area (Å²) in [4.78, 5) is 10.0. The van der Waals surface area contributed by atoms with E-state index in [0.29, 0.717) is 0 Å². The second kappa shape index (κ2) is 2.89. The first-order valence-corrected chi connectivity index (χ1v) is 2.37. The van der Waals surface area contributed by atoms with Gasteiger partial charge in [0.05, 0.1) is 0 Å². The molecule has 9 heavy (non-hydrogen) atoms. The summed E-state index contributed by atoms with van der Waals surface area (Å²) in [6, 6.07) is -1.63. The van der Waals surface area contributed by atoms with E-state index in [4.69, 9.17) is 0 Å². The van der Waals surface area contributed by atoms with Crippen molar-refractivity contribution >= 4 is 6.04 Å².